The van der Waals surface area contributed by atoms with Crippen LogP contribution in [0.5, 0.6) is 5.75 Å². The molecule has 1 saturated heterocycles. The van der Waals surface area contributed by atoms with Crippen molar-refractivity contribution < 1.29 is 17.9 Å². The maximum absolute atomic E-state index is 12.7. The van der Waals surface area contributed by atoms with Gasteiger partial charge in [-0.15, -0.1) is 0 Å². The maximum Gasteiger partial charge on any atom is 0.393 e. The fourth-order valence-electron chi connectivity index (χ4n) is 2.24. The molecule has 0 radical (unpaired) electrons. The number of anilines is 2. The summed E-state index contributed by atoms with van der Waals surface area (Å²) < 4.78 is 43.3. The number of nitrogen functional groups attached to an aromatic ring is 1. The average Bonchev–Trinajstić information content (AvgIpc) is 2.38. The molecule has 1 aromatic heterocycles. The molecule has 0 saturated carbocycles. The molecule has 1 aliphatic heterocycles. The molecule has 1 aromatic rings. The van der Waals surface area contributed by atoms with Crippen LogP contribution in [0.1, 0.15) is 12.8 Å². The Balaban J connectivity index is 2.17. The predicted octanol–water partition coefficient (Wildman–Crippen LogP) is 2.45. The molecule has 7 heteroatoms. The van der Waals surface area contributed by atoms with Gasteiger partial charge in [0.15, 0.2) is 0 Å². The summed E-state index contributed by atoms with van der Waals surface area (Å²) in [4.78, 5) is 5.71. The molecule has 2 N–H and O–H groups in total. The molecular formula is C12H16F3N3O. The van der Waals surface area contributed by atoms with E-state index in [0.717, 1.165) is 0 Å². The van der Waals surface area contributed by atoms with Crippen LogP contribution in [0.25, 0.3) is 0 Å². The van der Waals surface area contributed by atoms with Gasteiger partial charge in [-0.2, -0.15) is 13.2 Å². The van der Waals surface area contributed by atoms with Gasteiger partial charge in [0.1, 0.15) is 11.6 Å². The van der Waals surface area contributed by atoms with E-state index in [2.05, 4.69) is 4.98 Å². The molecule has 106 valence electrons. The maximum atomic E-state index is 12.7. The van der Waals surface area contributed by atoms with Crippen LogP contribution >= 0.6 is 0 Å². The van der Waals surface area contributed by atoms with Crippen molar-refractivity contribution in [2.45, 2.75) is 19.0 Å². The summed E-state index contributed by atoms with van der Waals surface area (Å²) in [7, 11) is 1.46. The second-order valence-corrected chi connectivity index (χ2v) is 4.61. The van der Waals surface area contributed by atoms with E-state index >= 15 is 0 Å². The van der Waals surface area contributed by atoms with Crippen molar-refractivity contribution in [2.24, 2.45) is 5.92 Å². The number of hydrogen-bond donors (Lipinski definition) is 1. The molecule has 19 heavy (non-hydrogen) atoms. The predicted molar refractivity (Wildman–Crippen MR) is 66.2 cm³/mol. The van der Waals surface area contributed by atoms with E-state index in [4.69, 9.17) is 10.5 Å². The standard InChI is InChI=1S/C12H16F3N3O/c1-19-10-5-11(17-6-9(10)16)18-4-2-3-8(7-18)12(13,14)15/h5-6,8H,2-4,7,16H2,1H3. The first-order valence-corrected chi connectivity index (χ1v) is 6.03. The zero-order valence-corrected chi connectivity index (χ0v) is 10.6. The first-order valence-electron chi connectivity index (χ1n) is 6.03. The van der Waals surface area contributed by atoms with Crippen LogP contribution in [0.2, 0.25) is 0 Å². The smallest absolute Gasteiger partial charge is 0.393 e. The number of hydrogen-bond acceptors (Lipinski definition) is 4. The zero-order valence-electron chi connectivity index (χ0n) is 10.6. The lowest BCUT2D eigenvalue weighted by Gasteiger charge is -2.34. The van der Waals surface area contributed by atoms with Gasteiger partial charge in [0.2, 0.25) is 0 Å². The highest BCUT2D eigenvalue weighted by atomic mass is 19.4. The Morgan fingerprint density at radius 2 is 2.21 bits per heavy atom. The minimum Gasteiger partial charge on any atom is -0.494 e. The summed E-state index contributed by atoms with van der Waals surface area (Å²) in [6.45, 7) is 0.496. The lowest BCUT2D eigenvalue weighted by atomic mass is 9.97. The van der Waals surface area contributed by atoms with Crippen LogP contribution in [-0.2, 0) is 0 Å². The first kappa shape index (κ1) is 13.8. The molecule has 2 heterocycles. The molecule has 0 spiro atoms. The minimum absolute atomic E-state index is 0.0659. The van der Waals surface area contributed by atoms with Crippen molar-refractivity contribution in [2.75, 3.05) is 30.8 Å². The first-order chi connectivity index (χ1) is 8.91. The number of ether oxygens (including phenoxy) is 1. The second-order valence-electron chi connectivity index (χ2n) is 4.61. The molecule has 0 aliphatic carbocycles. The number of rotatable bonds is 2. The molecule has 4 nitrogen and oxygen atoms in total. The quantitative estimate of drug-likeness (QED) is 0.900. The Morgan fingerprint density at radius 1 is 1.47 bits per heavy atom. The van der Waals surface area contributed by atoms with Crippen LogP contribution in [0, 0.1) is 5.92 Å². The molecule has 0 aromatic carbocycles. The highest BCUT2D eigenvalue weighted by molar-refractivity contribution is 5.57. The Kier molecular flexibility index (Phi) is 3.73. The topological polar surface area (TPSA) is 51.4 Å². The number of nitrogens with zero attached hydrogens (tertiary/aromatic N) is 2. The van der Waals surface area contributed by atoms with Crippen molar-refractivity contribution in [3.05, 3.63) is 12.3 Å². The Labute approximate surface area is 109 Å². The minimum atomic E-state index is -4.16. The molecule has 1 atom stereocenters. The van der Waals surface area contributed by atoms with E-state index in [0.29, 0.717) is 30.2 Å². The Bertz CT molecular complexity index is 450. The van der Waals surface area contributed by atoms with Crippen molar-refractivity contribution >= 4 is 11.5 Å². The van der Waals surface area contributed by atoms with Gasteiger partial charge >= 0.3 is 6.18 Å². The van der Waals surface area contributed by atoms with Crippen molar-refractivity contribution in [3.63, 3.8) is 0 Å². The van der Waals surface area contributed by atoms with Crippen LogP contribution in [-0.4, -0.2) is 31.4 Å². The SMILES string of the molecule is COc1cc(N2CCCC(C(F)(F)F)C2)ncc1N. The number of halogens is 3. The normalized spacial score (nSPS) is 20.4. The molecular weight excluding hydrogens is 259 g/mol. The summed E-state index contributed by atoms with van der Waals surface area (Å²) in [5, 5.41) is 0. The van der Waals surface area contributed by atoms with Gasteiger partial charge in [-0.3, -0.25) is 0 Å². The summed E-state index contributed by atoms with van der Waals surface area (Å²) in [5.74, 6) is -0.397. The van der Waals surface area contributed by atoms with Crippen LogP contribution in [0.4, 0.5) is 24.7 Å². The number of methoxy groups -OCH3 is 1. The average molecular weight is 275 g/mol. The molecule has 0 bridgehead atoms. The van der Waals surface area contributed by atoms with E-state index in [1.54, 1.807) is 11.0 Å². The number of piperidine rings is 1. The number of aromatic nitrogens is 1. The molecule has 1 unspecified atom stereocenters. The summed E-state index contributed by atoms with van der Waals surface area (Å²) >= 11 is 0. The highest BCUT2D eigenvalue weighted by Gasteiger charge is 2.42. The zero-order chi connectivity index (χ0) is 14.0. The largest absolute Gasteiger partial charge is 0.494 e. The van der Waals surface area contributed by atoms with Gasteiger partial charge in [0.05, 0.1) is 24.9 Å². The molecule has 2 rings (SSSR count). The fraction of sp³-hybridized carbons (Fsp3) is 0.583. The highest BCUT2D eigenvalue weighted by Crippen LogP contribution is 2.35. The van der Waals surface area contributed by atoms with Gasteiger partial charge in [-0.25, -0.2) is 4.98 Å². The van der Waals surface area contributed by atoms with Gasteiger partial charge in [-0.05, 0) is 12.8 Å². The third kappa shape index (κ3) is 3.02. The van der Waals surface area contributed by atoms with E-state index < -0.39 is 12.1 Å². The summed E-state index contributed by atoms with van der Waals surface area (Å²) in [5.41, 5.74) is 6.01. The summed E-state index contributed by atoms with van der Waals surface area (Å²) in [6, 6.07) is 1.58. The number of nitrogens with two attached hydrogens (primary N) is 1. The Hall–Kier alpha value is -1.66. The molecule has 0 amide bonds. The third-order valence-electron chi connectivity index (χ3n) is 3.31. The Morgan fingerprint density at radius 3 is 2.84 bits per heavy atom. The van der Waals surface area contributed by atoms with E-state index in [-0.39, 0.29) is 13.0 Å². The van der Waals surface area contributed by atoms with E-state index in [1.165, 1.54) is 13.3 Å². The van der Waals surface area contributed by atoms with E-state index in [1.807, 2.05) is 0 Å². The van der Waals surface area contributed by atoms with Gasteiger partial charge < -0.3 is 15.4 Å². The third-order valence-corrected chi connectivity index (χ3v) is 3.31. The monoisotopic (exact) mass is 275 g/mol. The van der Waals surface area contributed by atoms with Crippen LogP contribution in [0.15, 0.2) is 12.3 Å². The lowest BCUT2D eigenvalue weighted by Crippen LogP contribution is -2.42. The van der Waals surface area contributed by atoms with Crippen molar-refractivity contribution in [1.82, 2.24) is 4.98 Å². The van der Waals surface area contributed by atoms with Gasteiger partial charge in [0.25, 0.3) is 0 Å². The number of alkyl halides is 3. The van der Waals surface area contributed by atoms with E-state index in [9.17, 15) is 13.2 Å². The number of pyridine rings is 1. The summed E-state index contributed by atoms with van der Waals surface area (Å²) in [6.07, 6.45) is -2.08. The van der Waals surface area contributed by atoms with Crippen molar-refractivity contribution in [3.8, 4) is 5.75 Å². The second kappa shape index (κ2) is 5.14. The van der Waals surface area contributed by atoms with Gasteiger partial charge in [-0.1, -0.05) is 0 Å². The van der Waals surface area contributed by atoms with Crippen molar-refractivity contribution in [1.29, 1.82) is 0 Å². The van der Waals surface area contributed by atoms with Gasteiger partial charge in [0, 0.05) is 19.2 Å². The molecule has 1 fully saturated rings. The fourth-order valence-corrected chi connectivity index (χ4v) is 2.24. The van der Waals surface area contributed by atoms with Crippen LogP contribution in [0.3, 0.4) is 0 Å². The lowest BCUT2D eigenvalue weighted by molar-refractivity contribution is -0.176. The van der Waals surface area contributed by atoms with Crippen LogP contribution < -0.4 is 15.4 Å². The molecule has 1 aliphatic rings.